The Morgan fingerprint density at radius 1 is 1.12 bits per heavy atom. The normalized spacial score (nSPS) is 11.8. The predicted octanol–water partition coefficient (Wildman–Crippen LogP) is 4.46. The summed E-state index contributed by atoms with van der Waals surface area (Å²) in [5.41, 5.74) is 2.00. The largest absolute Gasteiger partial charge is 0.493 e. The third-order valence-electron chi connectivity index (χ3n) is 4.91. The van der Waals surface area contributed by atoms with Crippen LogP contribution in [0.5, 0.6) is 11.5 Å². The lowest BCUT2D eigenvalue weighted by molar-refractivity contribution is -0.123. The van der Waals surface area contributed by atoms with Crippen LogP contribution in [0, 0.1) is 6.92 Å². The molecule has 33 heavy (non-hydrogen) atoms. The Labute approximate surface area is 193 Å². The summed E-state index contributed by atoms with van der Waals surface area (Å²) < 4.78 is 21.2. The van der Waals surface area contributed by atoms with Gasteiger partial charge in [-0.2, -0.15) is 0 Å². The van der Waals surface area contributed by atoms with Crippen molar-refractivity contribution in [2.75, 3.05) is 19.5 Å². The molecule has 1 N–H and O–H groups in total. The van der Waals surface area contributed by atoms with E-state index in [1.807, 2.05) is 17.5 Å². The van der Waals surface area contributed by atoms with Crippen molar-refractivity contribution in [3.63, 3.8) is 0 Å². The van der Waals surface area contributed by atoms with Crippen LogP contribution in [-0.4, -0.2) is 42.3 Å². The minimum Gasteiger partial charge on any atom is -0.493 e. The highest BCUT2D eigenvalue weighted by atomic mass is 32.1. The molecule has 1 aromatic carbocycles. The zero-order chi connectivity index (χ0) is 23.5. The Bertz CT molecular complexity index is 1320. The van der Waals surface area contributed by atoms with Crippen molar-refractivity contribution in [2.45, 2.75) is 20.0 Å². The molecule has 3 heterocycles. The number of aryl methyl sites for hydroxylation is 1. The van der Waals surface area contributed by atoms with Crippen molar-refractivity contribution in [3.05, 3.63) is 53.0 Å². The number of methoxy groups -OCH3 is 2. The molecule has 0 aliphatic rings. The molecule has 9 nitrogen and oxygen atoms in total. The molecule has 0 radical (unpaired) electrons. The van der Waals surface area contributed by atoms with Gasteiger partial charge in [-0.1, -0.05) is 11.2 Å². The number of esters is 1. The Morgan fingerprint density at radius 3 is 2.61 bits per heavy atom. The molecule has 0 aliphatic heterocycles. The number of amides is 1. The number of fused-ring (bicyclic) bond motifs is 1. The van der Waals surface area contributed by atoms with Crippen LogP contribution >= 0.6 is 11.3 Å². The zero-order valence-electron chi connectivity index (χ0n) is 18.4. The highest BCUT2D eigenvalue weighted by Crippen LogP contribution is 2.31. The van der Waals surface area contributed by atoms with Gasteiger partial charge in [-0.3, -0.25) is 4.79 Å². The van der Waals surface area contributed by atoms with Crippen molar-refractivity contribution >= 4 is 40.0 Å². The second-order valence-corrected chi connectivity index (χ2v) is 8.03. The lowest BCUT2D eigenvalue weighted by Gasteiger charge is -2.15. The van der Waals surface area contributed by atoms with Crippen LogP contribution in [0.3, 0.4) is 0 Å². The molecule has 4 rings (SSSR count). The van der Waals surface area contributed by atoms with E-state index in [9.17, 15) is 9.59 Å². The van der Waals surface area contributed by atoms with E-state index in [0.717, 1.165) is 4.88 Å². The molecule has 0 spiro atoms. The van der Waals surface area contributed by atoms with Crippen molar-refractivity contribution in [2.24, 2.45) is 0 Å². The summed E-state index contributed by atoms with van der Waals surface area (Å²) in [5, 5.41) is 8.99. The van der Waals surface area contributed by atoms with Crippen LogP contribution in [0.2, 0.25) is 0 Å². The molecule has 1 amide bonds. The van der Waals surface area contributed by atoms with E-state index in [-0.39, 0.29) is 11.3 Å². The standard InChI is InChI=1S/C23H21N3O6S/c1-12-20-15(11-16(19-6-5-9-33-19)25-22(20)32-26-12)23(28)31-13(2)21(27)24-14-7-8-17(29-3)18(10-14)30-4/h5-11,13H,1-4H3,(H,24,27). The van der Waals surface area contributed by atoms with Crippen LogP contribution in [0.15, 0.2) is 46.3 Å². The maximum absolute atomic E-state index is 13.0. The summed E-state index contributed by atoms with van der Waals surface area (Å²) in [6.07, 6.45) is -1.07. The van der Waals surface area contributed by atoms with Crippen LogP contribution in [0.4, 0.5) is 5.69 Å². The molecule has 0 bridgehead atoms. The fraction of sp³-hybridized carbons (Fsp3) is 0.217. The summed E-state index contributed by atoms with van der Waals surface area (Å²) >= 11 is 1.48. The second kappa shape index (κ2) is 9.29. The number of hydrogen-bond donors (Lipinski definition) is 1. The number of nitrogens with zero attached hydrogens (tertiary/aromatic N) is 2. The average Bonchev–Trinajstić information content (AvgIpc) is 3.48. The molecule has 1 unspecified atom stereocenters. The van der Waals surface area contributed by atoms with Gasteiger partial charge in [-0.05, 0) is 43.5 Å². The van der Waals surface area contributed by atoms with Gasteiger partial charge in [0.05, 0.1) is 41.4 Å². The average molecular weight is 468 g/mol. The van der Waals surface area contributed by atoms with E-state index in [4.69, 9.17) is 18.7 Å². The van der Waals surface area contributed by atoms with Crippen LogP contribution < -0.4 is 14.8 Å². The number of carbonyl (C=O) groups excluding carboxylic acids is 2. The molecule has 10 heteroatoms. The Balaban J connectivity index is 1.55. The van der Waals surface area contributed by atoms with Gasteiger partial charge in [0.15, 0.2) is 17.6 Å². The molecule has 0 saturated carbocycles. The molecule has 170 valence electrons. The van der Waals surface area contributed by atoms with E-state index in [1.165, 1.54) is 32.5 Å². The number of pyridine rings is 1. The van der Waals surface area contributed by atoms with Crippen molar-refractivity contribution < 1.29 is 28.3 Å². The van der Waals surface area contributed by atoms with Crippen LogP contribution in [0.1, 0.15) is 23.0 Å². The molecule has 1 atom stereocenters. The Kier molecular flexibility index (Phi) is 6.27. The van der Waals surface area contributed by atoms with Gasteiger partial charge in [0, 0.05) is 11.8 Å². The fourth-order valence-corrected chi connectivity index (χ4v) is 3.93. The summed E-state index contributed by atoms with van der Waals surface area (Å²) in [4.78, 5) is 31.0. The number of ether oxygens (including phenoxy) is 3. The van der Waals surface area contributed by atoms with E-state index in [2.05, 4.69) is 15.5 Å². The van der Waals surface area contributed by atoms with E-state index in [1.54, 1.807) is 31.2 Å². The highest BCUT2D eigenvalue weighted by Gasteiger charge is 2.25. The van der Waals surface area contributed by atoms with Gasteiger partial charge in [0.25, 0.3) is 11.6 Å². The molecular weight excluding hydrogens is 446 g/mol. The summed E-state index contributed by atoms with van der Waals surface area (Å²) in [7, 11) is 3.02. The predicted molar refractivity (Wildman–Crippen MR) is 123 cm³/mol. The highest BCUT2D eigenvalue weighted by molar-refractivity contribution is 7.13. The third-order valence-corrected chi connectivity index (χ3v) is 5.81. The minimum atomic E-state index is -1.07. The lowest BCUT2D eigenvalue weighted by Crippen LogP contribution is -2.30. The number of nitrogens with one attached hydrogen (secondary N) is 1. The van der Waals surface area contributed by atoms with Crippen LogP contribution in [-0.2, 0) is 9.53 Å². The van der Waals surface area contributed by atoms with Gasteiger partial charge >= 0.3 is 5.97 Å². The minimum absolute atomic E-state index is 0.229. The zero-order valence-corrected chi connectivity index (χ0v) is 19.2. The topological polar surface area (TPSA) is 113 Å². The maximum atomic E-state index is 13.0. The smallest absolute Gasteiger partial charge is 0.339 e. The number of carbonyl (C=O) groups is 2. The second-order valence-electron chi connectivity index (χ2n) is 7.09. The summed E-state index contributed by atoms with van der Waals surface area (Å²) in [6, 6.07) is 10.3. The van der Waals surface area contributed by atoms with Gasteiger partial charge in [0.1, 0.15) is 0 Å². The van der Waals surface area contributed by atoms with Gasteiger partial charge < -0.3 is 24.1 Å². The lowest BCUT2D eigenvalue weighted by atomic mass is 10.1. The van der Waals surface area contributed by atoms with Gasteiger partial charge in [0.2, 0.25) is 0 Å². The summed E-state index contributed by atoms with van der Waals surface area (Å²) in [5.74, 6) is -0.187. The van der Waals surface area contributed by atoms with Crippen LogP contribution in [0.25, 0.3) is 21.7 Å². The number of aromatic nitrogens is 2. The SMILES string of the molecule is COc1ccc(NC(=O)C(C)OC(=O)c2cc(-c3cccs3)nc3onc(C)c23)cc1OC. The van der Waals surface area contributed by atoms with Crippen molar-refractivity contribution in [1.29, 1.82) is 0 Å². The Hall–Kier alpha value is -3.92. The van der Waals surface area contributed by atoms with Crippen molar-refractivity contribution in [1.82, 2.24) is 10.1 Å². The van der Waals surface area contributed by atoms with Gasteiger partial charge in [-0.25, -0.2) is 9.78 Å². The monoisotopic (exact) mass is 467 g/mol. The molecule has 3 aromatic heterocycles. The number of anilines is 1. The third kappa shape index (κ3) is 4.51. The fourth-order valence-electron chi connectivity index (χ4n) is 3.24. The number of rotatable bonds is 7. The first-order chi connectivity index (χ1) is 15.9. The first kappa shape index (κ1) is 22.3. The summed E-state index contributed by atoms with van der Waals surface area (Å²) in [6.45, 7) is 3.20. The van der Waals surface area contributed by atoms with E-state index in [0.29, 0.717) is 34.0 Å². The quantitative estimate of drug-likeness (QED) is 0.397. The first-order valence-electron chi connectivity index (χ1n) is 9.96. The number of benzene rings is 1. The van der Waals surface area contributed by atoms with Gasteiger partial charge in [-0.15, -0.1) is 11.3 Å². The van der Waals surface area contributed by atoms with E-state index < -0.39 is 18.0 Å². The molecule has 0 fully saturated rings. The van der Waals surface area contributed by atoms with Crippen molar-refractivity contribution in [3.8, 4) is 22.1 Å². The molecule has 0 saturated heterocycles. The number of thiophene rings is 1. The Morgan fingerprint density at radius 2 is 1.91 bits per heavy atom. The first-order valence-corrected chi connectivity index (χ1v) is 10.8. The molecular formula is C23H21N3O6S. The molecule has 4 aromatic rings. The number of hydrogen-bond acceptors (Lipinski definition) is 9. The van der Waals surface area contributed by atoms with E-state index >= 15 is 0 Å². The maximum Gasteiger partial charge on any atom is 0.339 e. The molecule has 0 aliphatic carbocycles.